The number of carboxylic acid groups (broad SMARTS) is 1. The highest BCUT2D eigenvalue weighted by Gasteiger charge is 2.15. The van der Waals surface area contributed by atoms with Gasteiger partial charge in [0.1, 0.15) is 6.10 Å². The zero-order valence-electron chi connectivity index (χ0n) is 7.97. The van der Waals surface area contributed by atoms with Crippen molar-refractivity contribution in [1.82, 2.24) is 4.98 Å². The van der Waals surface area contributed by atoms with E-state index in [-0.39, 0.29) is 6.42 Å². The Morgan fingerprint density at radius 2 is 2.36 bits per heavy atom. The second-order valence-electron chi connectivity index (χ2n) is 3.05. The molecule has 0 aliphatic rings. The van der Waals surface area contributed by atoms with E-state index in [9.17, 15) is 9.90 Å². The molecule has 1 aromatic heterocycles. The average molecular weight is 216 g/mol. The molecule has 14 heavy (non-hydrogen) atoms. The van der Waals surface area contributed by atoms with Crippen molar-refractivity contribution < 1.29 is 15.0 Å². The highest BCUT2D eigenvalue weighted by molar-refractivity contribution is 7.15. The first-order valence-corrected chi connectivity index (χ1v) is 4.85. The number of rotatable bonds is 4. The van der Waals surface area contributed by atoms with Gasteiger partial charge < -0.3 is 15.1 Å². The number of aliphatic carboxylic acids is 1. The topological polar surface area (TPSA) is 73.7 Å². The summed E-state index contributed by atoms with van der Waals surface area (Å²) in [5.41, 5.74) is 0. The van der Waals surface area contributed by atoms with Crippen LogP contribution >= 0.6 is 11.3 Å². The SMILES string of the molecule is CN(C)c1ncc(C(O)CC(=O)O)s1. The Labute approximate surface area is 85.6 Å². The maximum absolute atomic E-state index is 10.3. The number of carboxylic acids is 1. The molecule has 78 valence electrons. The van der Waals surface area contributed by atoms with Gasteiger partial charge >= 0.3 is 5.97 Å². The van der Waals surface area contributed by atoms with Crippen LogP contribution in [0.5, 0.6) is 0 Å². The molecule has 0 aliphatic heterocycles. The Kier molecular flexibility index (Phi) is 3.43. The van der Waals surface area contributed by atoms with E-state index in [2.05, 4.69) is 4.98 Å². The number of nitrogens with zero attached hydrogens (tertiary/aromatic N) is 2. The van der Waals surface area contributed by atoms with Crippen molar-refractivity contribution in [1.29, 1.82) is 0 Å². The lowest BCUT2D eigenvalue weighted by Crippen LogP contribution is -2.07. The molecule has 0 saturated heterocycles. The van der Waals surface area contributed by atoms with Crippen LogP contribution in [0.15, 0.2) is 6.20 Å². The fourth-order valence-corrected chi connectivity index (χ4v) is 1.73. The zero-order valence-corrected chi connectivity index (χ0v) is 8.78. The van der Waals surface area contributed by atoms with Gasteiger partial charge in [0.25, 0.3) is 0 Å². The van der Waals surface area contributed by atoms with Crippen LogP contribution in [0, 0.1) is 0 Å². The van der Waals surface area contributed by atoms with Crippen molar-refractivity contribution in [3.63, 3.8) is 0 Å². The number of carbonyl (C=O) groups is 1. The highest BCUT2D eigenvalue weighted by atomic mass is 32.1. The molecule has 0 saturated carbocycles. The van der Waals surface area contributed by atoms with Crippen LogP contribution in [0.25, 0.3) is 0 Å². The number of aromatic nitrogens is 1. The van der Waals surface area contributed by atoms with Gasteiger partial charge in [-0.15, -0.1) is 0 Å². The number of hydrogen-bond acceptors (Lipinski definition) is 5. The average Bonchev–Trinajstić information content (AvgIpc) is 2.50. The monoisotopic (exact) mass is 216 g/mol. The first-order chi connectivity index (χ1) is 6.50. The number of aliphatic hydroxyl groups is 1. The van der Waals surface area contributed by atoms with Gasteiger partial charge in [-0.1, -0.05) is 11.3 Å². The molecule has 0 amide bonds. The maximum Gasteiger partial charge on any atom is 0.306 e. The van der Waals surface area contributed by atoms with Gasteiger partial charge in [-0.2, -0.15) is 0 Å². The molecule has 0 aromatic carbocycles. The standard InChI is InChI=1S/C8H12N2O3S/c1-10(2)8-9-4-6(14-8)5(11)3-7(12)13/h4-5,11H,3H2,1-2H3,(H,12,13). The molecule has 1 unspecified atom stereocenters. The minimum atomic E-state index is -1.02. The van der Waals surface area contributed by atoms with Crippen LogP contribution in [0.3, 0.4) is 0 Å². The first kappa shape index (κ1) is 10.9. The zero-order chi connectivity index (χ0) is 10.7. The lowest BCUT2D eigenvalue weighted by atomic mass is 10.2. The minimum absolute atomic E-state index is 0.283. The van der Waals surface area contributed by atoms with Gasteiger partial charge in [-0.05, 0) is 0 Å². The lowest BCUT2D eigenvalue weighted by Gasteiger charge is -2.06. The number of anilines is 1. The Balaban J connectivity index is 2.71. The molecule has 0 aliphatic carbocycles. The molecule has 0 fully saturated rings. The molecule has 2 N–H and O–H groups in total. The van der Waals surface area contributed by atoms with Crippen molar-refractivity contribution in [3.05, 3.63) is 11.1 Å². The van der Waals surface area contributed by atoms with E-state index in [0.717, 1.165) is 5.13 Å². The van der Waals surface area contributed by atoms with Crippen LogP contribution in [-0.4, -0.2) is 35.3 Å². The maximum atomic E-state index is 10.3. The normalized spacial score (nSPS) is 12.5. The summed E-state index contributed by atoms with van der Waals surface area (Å²) in [6.45, 7) is 0. The van der Waals surface area contributed by atoms with Crippen LogP contribution < -0.4 is 4.90 Å². The first-order valence-electron chi connectivity index (χ1n) is 4.03. The highest BCUT2D eigenvalue weighted by Crippen LogP contribution is 2.27. The van der Waals surface area contributed by atoms with Crippen molar-refractivity contribution >= 4 is 22.4 Å². The summed E-state index contributed by atoms with van der Waals surface area (Å²) in [7, 11) is 3.68. The number of thiazole rings is 1. The lowest BCUT2D eigenvalue weighted by molar-refractivity contribution is -0.139. The van der Waals surface area contributed by atoms with Gasteiger partial charge in [-0.25, -0.2) is 4.98 Å². The van der Waals surface area contributed by atoms with E-state index in [1.54, 1.807) is 0 Å². The molecular weight excluding hydrogens is 204 g/mol. The van der Waals surface area contributed by atoms with Gasteiger partial charge in [0, 0.05) is 20.3 Å². The van der Waals surface area contributed by atoms with Gasteiger partial charge in [0.05, 0.1) is 11.3 Å². The van der Waals surface area contributed by atoms with E-state index in [1.807, 2.05) is 19.0 Å². The van der Waals surface area contributed by atoms with E-state index in [1.165, 1.54) is 17.5 Å². The molecule has 1 rings (SSSR count). The summed E-state index contributed by atoms with van der Waals surface area (Å²) in [6, 6.07) is 0. The molecule has 0 radical (unpaired) electrons. The second kappa shape index (κ2) is 4.39. The summed E-state index contributed by atoms with van der Waals surface area (Å²) in [4.78, 5) is 16.8. The van der Waals surface area contributed by atoms with Gasteiger partial charge in [0.15, 0.2) is 5.13 Å². The molecule has 5 nitrogen and oxygen atoms in total. The van der Waals surface area contributed by atoms with E-state index in [0.29, 0.717) is 4.88 Å². The minimum Gasteiger partial charge on any atom is -0.481 e. The summed E-state index contributed by atoms with van der Waals surface area (Å²) < 4.78 is 0. The fourth-order valence-electron chi connectivity index (χ4n) is 0.904. The largest absolute Gasteiger partial charge is 0.481 e. The molecular formula is C8H12N2O3S. The van der Waals surface area contributed by atoms with Gasteiger partial charge in [-0.3, -0.25) is 4.79 Å². The number of aliphatic hydroxyl groups excluding tert-OH is 1. The molecule has 1 atom stereocenters. The summed E-state index contributed by atoms with van der Waals surface area (Å²) in [5, 5.41) is 18.7. The summed E-state index contributed by atoms with van der Waals surface area (Å²) >= 11 is 1.29. The third-order valence-corrected chi connectivity index (χ3v) is 2.86. The summed E-state index contributed by atoms with van der Waals surface area (Å²) in [6.07, 6.45) is 0.265. The van der Waals surface area contributed by atoms with Crippen molar-refractivity contribution in [2.45, 2.75) is 12.5 Å². The van der Waals surface area contributed by atoms with Crippen LogP contribution in [0.4, 0.5) is 5.13 Å². The Morgan fingerprint density at radius 3 is 2.79 bits per heavy atom. The van der Waals surface area contributed by atoms with E-state index in [4.69, 9.17) is 5.11 Å². The Morgan fingerprint density at radius 1 is 1.71 bits per heavy atom. The van der Waals surface area contributed by atoms with Gasteiger partial charge in [0.2, 0.25) is 0 Å². The predicted molar refractivity (Wildman–Crippen MR) is 53.7 cm³/mol. The van der Waals surface area contributed by atoms with E-state index >= 15 is 0 Å². The number of hydrogen-bond donors (Lipinski definition) is 2. The quantitative estimate of drug-likeness (QED) is 0.775. The molecule has 0 bridgehead atoms. The van der Waals surface area contributed by atoms with Crippen LogP contribution in [0.1, 0.15) is 17.4 Å². The van der Waals surface area contributed by atoms with Crippen LogP contribution in [-0.2, 0) is 4.79 Å². The third-order valence-electron chi connectivity index (χ3n) is 1.59. The molecule has 1 heterocycles. The summed E-state index contributed by atoms with van der Waals surface area (Å²) in [5.74, 6) is -1.02. The molecule has 1 aromatic rings. The van der Waals surface area contributed by atoms with Crippen LogP contribution in [0.2, 0.25) is 0 Å². The van der Waals surface area contributed by atoms with Crippen molar-refractivity contribution in [2.75, 3.05) is 19.0 Å². The van der Waals surface area contributed by atoms with Crippen molar-refractivity contribution in [2.24, 2.45) is 0 Å². The Hall–Kier alpha value is -1.14. The molecule has 0 spiro atoms. The molecule has 6 heteroatoms. The third kappa shape index (κ3) is 2.68. The predicted octanol–water partition coefficient (Wildman–Crippen LogP) is 0.717. The van der Waals surface area contributed by atoms with Crippen molar-refractivity contribution in [3.8, 4) is 0 Å². The second-order valence-corrected chi connectivity index (χ2v) is 4.09. The smallest absolute Gasteiger partial charge is 0.306 e. The fraction of sp³-hybridized carbons (Fsp3) is 0.500. The Bertz CT molecular complexity index is 324. The van der Waals surface area contributed by atoms with E-state index < -0.39 is 12.1 Å².